The monoisotopic (exact) mass is 264 g/mol. The Balaban J connectivity index is 1.93. The van der Waals surface area contributed by atoms with Crippen LogP contribution >= 0.6 is 0 Å². The number of anilines is 1. The van der Waals surface area contributed by atoms with Gasteiger partial charge in [0.25, 0.3) is 0 Å². The molecular formula is C15H12N4O. The maximum atomic E-state index is 11.8. The number of nitriles is 2. The van der Waals surface area contributed by atoms with E-state index < -0.39 is 0 Å². The molecule has 5 nitrogen and oxygen atoms in total. The van der Waals surface area contributed by atoms with Crippen molar-refractivity contribution in [1.29, 1.82) is 10.5 Å². The lowest BCUT2D eigenvalue weighted by molar-refractivity contribution is -0.116. The number of carbonyl (C=O) groups is 1. The first kappa shape index (κ1) is 13.4. The minimum atomic E-state index is -0.155. The van der Waals surface area contributed by atoms with E-state index in [9.17, 15) is 4.79 Å². The first-order chi connectivity index (χ1) is 9.72. The van der Waals surface area contributed by atoms with Crippen molar-refractivity contribution in [2.45, 2.75) is 13.0 Å². The Labute approximate surface area is 116 Å². The highest BCUT2D eigenvalue weighted by molar-refractivity contribution is 5.90. The van der Waals surface area contributed by atoms with Crippen molar-refractivity contribution in [3.05, 3.63) is 53.9 Å². The van der Waals surface area contributed by atoms with Crippen LogP contribution in [0.4, 0.5) is 5.69 Å². The zero-order valence-corrected chi connectivity index (χ0v) is 10.7. The molecule has 1 heterocycles. The molecule has 0 aliphatic carbocycles. The quantitative estimate of drug-likeness (QED) is 0.919. The minimum absolute atomic E-state index is 0.155. The van der Waals surface area contributed by atoms with Crippen LogP contribution in [-0.4, -0.2) is 10.5 Å². The van der Waals surface area contributed by atoms with Crippen LogP contribution in [0.2, 0.25) is 0 Å². The normalized spacial score (nSPS) is 9.50. The highest BCUT2D eigenvalue weighted by atomic mass is 16.1. The Morgan fingerprint density at radius 2 is 2.05 bits per heavy atom. The second-order valence-electron chi connectivity index (χ2n) is 4.19. The predicted molar refractivity (Wildman–Crippen MR) is 73.6 cm³/mol. The molecule has 0 bridgehead atoms. The van der Waals surface area contributed by atoms with Crippen molar-refractivity contribution >= 4 is 11.6 Å². The molecule has 0 saturated carbocycles. The lowest BCUT2D eigenvalue weighted by Crippen LogP contribution is -2.14. The van der Waals surface area contributed by atoms with E-state index in [-0.39, 0.29) is 12.3 Å². The van der Waals surface area contributed by atoms with Crippen LogP contribution in [0.15, 0.2) is 42.6 Å². The summed E-state index contributed by atoms with van der Waals surface area (Å²) in [5, 5.41) is 20.4. The summed E-state index contributed by atoms with van der Waals surface area (Å²) in [6.07, 6.45) is 2.03. The van der Waals surface area contributed by atoms with Gasteiger partial charge in [0.15, 0.2) is 0 Å². The van der Waals surface area contributed by atoms with E-state index in [0.29, 0.717) is 23.5 Å². The van der Waals surface area contributed by atoms with Crippen molar-refractivity contribution < 1.29 is 4.79 Å². The molecule has 20 heavy (non-hydrogen) atoms. The molecule has 2 rings (SSSR count). The number of hydrogen-bond acceptors (Lipinski definition) is 3. The molecule has 0 spiro atoms. The first-order valence-corrected chi connectivity index (χ1v) is 6.08. The van der Waals surface area contributed by atoms with Crippen LogP contribution in [0.5, 0.6) is 0 Å². The molecular weight excluding hydrogens is 252 g/mol. The van der Waals surface area contributed by atoms with Crippen LogP contribution in [0.25, 0.3) is 0 Å². The average molecular weight is 264 g/mol. The van der Waals surface area contributed by atoms with Crippen molar-refractivity contribution in [2.24, 2.45) is 0 Å². The topological polar surface area (TPSA) is 81.6 Å². The van der Waals surface area contributed by atoms with Gasteiger partial charge in [0.1, 0.15) is 11.8 Å². The Morgan fingerprint density at radius 3 is 2.80 bits per heavy atom. The van der Waals surface area contributed by atoms with Gasteiger partial charge in [-0.3, -0.25) is 4.79 Å². The molecule has 2 aromatic rings. The van der Waals surface area contributed by atoms with E-state index in [2.05, 4.69) is 11.4 Å². The Kier molecular flexibility index (Phi) is 4.16. The van der Waals surface area contributed by atoms with E-state index in [1.54, 1.807) is 47.2 Å². The van der Waals surface area contributed by atoms with Crippen molar-refractivity contribution in [3.8, 4) is 12.1 Å². The summed E-state index contributed by atoms with van der Waals surface area (Å²) in [7, 11) is 0. The maximum Gasteiger partial charge on any atom is 0.226 e. The number of carbonyl (C=O) groups excluding carboxylic acids is 1. The molecule has 0 atom stereocenters. The lowest BCUT2D eigenvalue weighted by atomic mass is 10.2. The van der Waals surface area contributed by atoms with E-state index in [0.717, 1.165) is 0 Å². The Hall–Kier alpha value is -3.05. The molecule has 0 saturated heterocycles. The number of amides is 1. The maximum absolute atomic E-state index is 11.8. The van der Waals surface area contributed by atoms with E-state index >= 15 is 0 Å². The van der Waals surface area contributed by atoms with Gasteiger partial charge in [0.05, 0.1) is 11.6 Å². The summed E-state index contributed by atoms with van der Waals surface area (Å²) in [4.78, 5) is 11.8. The van der Waals surface area contributed by atoms with Crippen molar-refractivity contribution in [1.82, 2.24) is 4.57 Å². The SMILES string of the molecule is N#Cc1cccc(NC(=O)CCn2cccc2C#N)c1. The molecule has 0 aliphatic rings. The summed E-state index contributed by atoms with van der Waals surface area (Å²) in [6, 6.07) is 14.3. The highest BCUT2D eigenvalue weighted by Crippen LogP contribution is 2.10. The van der Waals surface area contributed by atoms with Crippen molar-refractivity contribution in [2.75, 3.05) is 5.32 Å². The molecule has 1 aromatic heterocycles. The fourth-order valence-electron chi connectivity index (χ4n) is 1.82. The van der Waals surface area contributed by atoms with Crippen LogP contribution in [-0.2, 0) is 11.3 Å². The summed E-state index contributed by atoms with van der Waals surface area (Å²) < 4.78 is 1.73. The third kappa shape index (κ3) is 3.24. The van der Waals surface area contributed by atoms with Gasteiger partial charge in [0.2, 0.25) is 5.91 Å². The zero-order valence-electron chi connectivity index (χ0n) is 10.7. The smallest absolute Gasteiger partial charge is 0.226 e. The van der Waals surface area contributed by atoms with Crippen LogP contribution in [0.3, 0.4) is 0 Å². The second-order valence-corrected chi connectivity index (χ2v) is 4.19. The number of nitrogens with zero attached hydrogens (tertiary/aromatic N) is 3. The molecule has 0 aliphatic heterocycles. The molecule has 5 heteroatoms. The highest BCUT2D eigenvalue weighted by Gasteiger charge is 2.05. The van der Waals surface area contributed by atoms with Crippen LogP contribution in [0, 0.1) is 22.7 Å². The van der Waals surface area contributed by atoms with E-state index in [1.807, 2.05) is 6.07 Å². The third-order valence-corrected chi connectivity index (χ3v) is 2.80. The lowest BCUT2D eigenvalue weighted by Gasteiger charge is -2.07. The molecule has 1 amide bonds. The molecule has 0 radical (unpaired) electrons. The number of hydrogen-bond donors (Lipinski definition) is 1. The number of benzene rings is 1. The van der Waals surface area contributed by atoms with Gasteiger partial charge < -0.3 is 9.88 Å². The summed E-state index contributed by atoms with van der Waals surface area (Å²) in [5.41, 5.74) is 1.63. The minimum Gasteiger partial charge on any atom is -0.339 e. The van der Waals surface area contributed by atoms with Gasteiger partial charge >= 0.3 is 0 Å². The Morgan fingerprint density at radius 1 is 1.20 bits per heavy atom. The standard InChI is InChI=1S/C15H12N4O/c16-10-12-3-1-4-13(9-12)18-15(20)6-8-19-7-2-5-14(19)11-17/h1-5,7,9H,6,8H2,(H,18,20). The van der Waals surface area contributed by atoms with Gasteiger partial charge in [-0.2, -0.15) is 10.5 Å². The predicted octanol–water partition coefficient (Wildman–Crippen LogP) is 2.26. The van der Waals surface area contributed by atoms with Crippen LogP contribution in [0.1, 0.15) is 17.7 Å². The van der Waals surface area contributed by atoms with E-state index in [4.69, 9.17) is 10.5 Å². The number of nitrogens with one attached hydrogen (secondary N) is 1. The number of aromatic nitrogens is 1. The fraction of sp³-hybridized carbons (Fsp3) is 0.133. The largest absolute Gasteiger partial charge is 0.339 e. The van der Waals surface area contributed by atoms with Gasteiger partial charge in [-0.05, 0) is 30.3 Å². The first-order valence-electron chi connectivity index (χ1n) is 6.08. The fourth-order valence-corrected chi connectivity index (χ4v) is 1.82. The van der Waals surface area contributed by atoms with Crippen molar-refractivity contribution in [3.63, 3.8) is 0 Å². The zero-order chi connectivity index (χ0) is 14.4. The van der Waals surface area contributed by atoms with Gasteiger partial charge in [-0.1, -0.05) is 6.07 Å². The van der Waals surface area contributed by atoms with Gasteiger partial charge in [0, 0.05) is 24.8 Å². The van der Waals surface area contributed by atoms with Gasteiger partial charge in [-0.15, -0.1) is 0 Å². The molecule has 0 unspecified atom stereocenters. The summed E-state index contributed by atoms with van der Waals surface area (Å²) in [5.74, 6) is -0.155. The van der Waals surface area contributed by atoms with Gasteiger partial charge in [-0.25, -0.2) is 0 Å². The van der Waals surface area contributed by atoms with Crippen LogP contribution < -0.4 is 5.32 Å². The van der Waals surface area contributed by atoms with E-state index in [1.165, 1.54) is 0 Å². The molecule has 1 N–H and O–H groups in total. The summed E-state index contributed by atoms with van der Waals surface area (Å²) >= 11 is 0. The Bertz CT molecular complexity index is 703. The molecule has 0 fully saturated rings. The molecule has 1 aromatic carbocycles. The number of rotatable bonds is 4. The second kappa shape index (κ2) is 6.21. The third-order valence-electron chi connectivity index (χ3n) is 2.80. The average Bonchev–Trinajstić information content (AvgIpc) is 2.93. The number of aryl methyl sites for hydroxylation is 1. The summed E-state index contributed by atoms with van der Waals surface area (Å²) in [6.45, 7) is 0.444. The molecule has 98 valence electrons.